The summed E-state index contributed by atoms with van der Waals surface area (Å²) in [4.78, 5) is 17.2. The molecule has 206 valence electrons. The van der Waals surface area contributed by atoms with E-state index < -0.39 is 0 Å². The molecule has 0 atom stereocenters. The number of fused-ring (bicyclic) bond motifs is 1. The number of benzene rings is 3. The van der Waals surface area contributed by atoms with Gasteiger partial charge in [0.1, 0.15) is 17.3 Å². The van der Waals surface area contributed by atoms with Gasteiger partial charge in [-0.15, -0.1) is 0 Å². The predicted molar refractivity (Wildman–Crippen MR) is 158 cm³/mol. The number of nitrogens with one attached hydrogen (secondary N) is 1. The van der Waals surface area contributed by atoms with Gasteiger partial charge in [-0.2, -0.15) is 0 Å². The SMILES string of the molecule is CCc1ccc(OCCCCn2c(CCCCCNC(=O)Cc3ccc(OC)cc3)nc3ccccc32)cc1. The molecular formula is C33H41N3O3. The first kappa shape index (κ1) is 28.2. The van der Waals surface area contributed by atoms with Gasteiger partial charge in [-0.05, 0) is 79.6 Å². The molecule has 0 spiro atoms. The summed E-state index contributed by atoms with van der Waals surface area (Å²) in [5, 5.41) is 3.05. The van der Waals surface area contributed by atoms with Gasteiger partial charge in [0, 0.05) is 19.5 Å². The Morgan fingerprint density at radius 2 is 1.59 bits per heavy atom. The van der Waals surface area contributed by atoms with Crippen molar-refractivity contribution < 1.29 is 14.3 Å². The molecule has 0 saturated heterocycles. The minimum Gasteiger partial charge on any atom is -0.497 e. The summed E-state index contributed by atoms with van der Waals surface area (Å²) in [5.74, 6) is 2.95. The highest BCUT2D eigenvalue weighted by atomic mass is 16.5. The normalized spacial score (nSPS) is 11.0. The Labute approximate surface area is 232 Å². The second kappa shape index (κ2) is 15.0. The molecule has 1 N–H and O–H groups in total. The number of para-hydroxylation sites is 2. The lowest BCUT2D eigenvalue weighted by Crippen LogP contribution is -2.26. The summed E-state index contributed by atoms with van der Waals surface area (Å²) in [5.41, 5.74) is 4.58. The Kier molecular flexibility index (Phi) is 10.8. The number of methoxy groups -OCH3 is 1. The third-order valence-corrected chi connectivity index (χ3v) is 7.03. The number of aryl methyl sites for hydroxylation is 3. The number of rotatable bonds is 16. The molecule has 1 amide bonds. The van der Waals surface area contributed by atoms with Crippen LogP contribution in [0, 0.1) is 0 Å². The van der Waals surface area contributed by atoms with Gasteiger partial charge in [0.05, 0.1) is 31.2 Å². The van der Waals surface area contributed by atoms with Crippen molar-refractivity contribution in [3.05, 3.63) is 89.7 Å². The van der Waals surface area contributed by atoms with Gasteiger partial charge >= 0.3 is 0 Å². The number of hydrogen-bond acceptors (Lipinski definition) is 4. The highest BCUT2D eigenvalue weighted by molar-refractivity contribution is 5.78. The summed E-state index contributed by atoms with van der Waals surface area (Å²) in [6.07, 6.45) is 7.48. The summed E-state index contributed by atoms with van der Waals surface area (Å²) in [6.45, 7) is 4.52. The molecule has 6 heteroatoms. The lowest BCUT2D eigenvalue weighted by atomic mass is 10.1. The van der Waals surface area contributed by atoms with E-state index in [1.807, 2.05) is 24.3 Å². The van der Waals surface area contributed by atoms with E-state index in [0.717, 1.165) is 86.5 Å². The lowest BCUT2D eigenvalue weighted by Gasteiger charge is -2.11. The monoisotopic (exact) mass is 527 g/mol. The quantitative estimate of drug-likeness (QED) is 0.168. The standard InChI is InChI=1S/C33H41N3O3/c1-3-26-14-20-29(21-15-26)39-24-10-9-23-36-31-12-7-6-11-30(31)35-32(36)13-5-4-8-22-34-33(37)25-27-16-18-28(38-2)19-17-27/h6-7,11-12,14-21H,3-5,8-10,13,22-25H2,1-2H3,(H,34,37). The van der Waals surface area contributed by atoms with Crippen molar-refractivity contribution in [3.8, 4) is 11.5 Å². The van der Waals surface area contributed by atoms with Gasteiger partial charge in [0.2, 0.25) is 5.91 Å². The smallest absolute Gasteiger partial charge is 0.224 e. The molecule has 0 bridgehead atoms. The van der Waals surface area contributed by atoms with E-state index in [-0.39, 0.29) is 5.91 Å². The highest BCUT2D eigenvalue weighted by Crippen LogP contribution is 2.19. The van der Waals surface area contributed by atoms with Crippen LogP contribution in [0.15, 0.2) is 72.8 Å². The Morgan fingerprint density at radius 1 is 0.846 bits per heavy atom. The van der Waals surface area contributed by atoms with Crippen molar-refractivity contribution >= 4 is 16.9 Å². The van der Waals surface area contributed by atoms with Crippen molar-refractivity contribution in [2.75, 3.05) is 20.3 Å². The van der Waals surface area contributed by atoms with Crippen LogP contribution >= 0.6 is 0 Å². The van der Waals surface area contributed by atoms with Crippen molar-refractivity contribution in [2.45, 2.75) is 64.8 Å². The average molecular weight is 528 g/mol. The fourth-order valence-electron chi connectivity index (χ4n) is 4.75. The zero-order valence-electron chi connectivity index (χ0n) is 23.3. The zero-order chi connectivity index (χ0) is 27.3. The number of imidazole rings is 1. The predicted octanol–water partition coefficient (Wildman–Crippen LogP) is 6.54. The molecule has 1 aromatic heterocycles. The minimum absolute atomic E-state index is 0.0592. The molecule has 4 aromatic rings. The number of hydrogen-bond donors (Lipinski definition) is 1. The maximum atomic E-state index is 12.3. The van der Waals surface area contributed by atoms with Crippen LogP contribution in [0.4, 0.5) is 0 Å². The van der Waals surface area contributed by atoms with Crippen LogP contribution in [0.25, 0.3) is 11.0 Å². The molecule has 6 nitrogen and oxygen atoms in total. The maximum absolute atomic E-state index is 12.3. The molecule has 0 aliphatic carbocycles. The molecule has 4 rings (SSSR count). The van der Waals surface area contributed by atoms with E-state index in [9.17, 15) is 4.79 Å². The highest BCUT2D eigenvalue weighted by Gasteiger charge is 2.10. The van der Waals surface area contributed by atoms with Gasteiger partial charge < -0.3 is 19.4 Å². The van der Waals surface area contributed by atoms with Gasteiger partial charge in [0.25, 0.3) is 0 Å². The number of ether oxygens (including phenoxy) is 2. The fraction of sp³-hybridized carbons (Fsp3) is 0.394. The maximum Gasteiger partial charge on any atom is 0.224 e. The average Bonchev–Trinajstić information content (AvgIpc) is 3.32. The molecule has 1 heterocycles. The molecule has 0 aliphatic rings. The molecule has 0 fully saturated rings. The van der Waals surface area contributed by atoms with Gasteiger partial charge in [-0.1, -0.05) is 49.7 Å². The zero-order valence-corrected chi connectivity index (χ0v) is 23.3. The van der Waals surface area contributed by atoms with Crippen molar-refractivity contribution in [1.82, 2.24) is 14.9 Å². The van der Waals surface area contributed by atoms with Crippen molar-refractivity contribution in [1.29, 1.82) is 0 Å². The Hall–Kier alpha value is -3.80. The first-order valence-electron chi connectivity index (χ1n) is 14.2. The largest absolute Gasteiger partial charge is 0.497 e. The van der Waals surface area contributed by atoms with E-state index in [0.29, 0.717) is 13.0 Å². The van der Waals surface area contributed by atoms with Crippen LogP contribution in [0.5, 0.6) is 11.5 Å². The van der Waals surface area contributed by atoms with E-state index in [2.05, 4.69) is 65.3 Å². The Balaban J connectivity index is 1.17. The lowest BCUT2D eigenvalue weighted by molar-refractivity contribution is -0.120. The fourth-order valence-corrected chi connectivity index (χ4v) is 4.75. The topological polar surface area (TPSA) is 65.4 Å². The summed E-state index contributed by atoms with van der Waals surface area (Å²) in [6, 6.07) is 24.4. The number of nitrogens with zero attached hydrogens (tertiary/aromatic N) is 2. The van der Waals surface area contributed by atoms with E-state index >= 15 is 0 Å². The number of carbonyl (C=O) groups is 1. The molecule has 0 saturated carbocycles. The van der Waals surface area contributed by atoms with Crippen LogP contribution in [0.3, 0.4) is 0 Å². The van der Waals surface area contributed by atoms with Crippen LogP contribution in [-0.2, 0) is 30.6 Å². The van der Waals surface area contributed by atoms with Crippen molar-refractivity contribution in [2.24, 2.45) is 0 Å². The number of unbranched alkanes of at least 4 members (excludes halogenated alkanes) is 3. The molecule has 0 aliphatic heterocycles. The van der Waals surface area contributed by atoms with E-state index in [1.165, 1.54) is 11.1 Å². The minimum atomic E-state index is 0.0592. The van der Waals surface area contributed by atoms with Crippen LogP contribution < -0.4 is 14.8 Å². The molecular weight excluding hydrogens is 486 g/mol. The third kappa shape index (κ3) is 8.60. The molecule has 0 radical (unpaired) electrons. The Morgan fingerprint density at radius 3 is 2.36 bits per heavy atom. The molecule has 3 aromatic carbocycles. The second-order valence-electron chi connectivity index (χ2n) is 9.91. The second-order valence-corrected chi connectivity index (χ2v) is 9.91. The summed E-state index contributed by atoms with van der Waals surface area (Å²) in [7, 11) is 1.64. The Bertz CT molecular complexity index is 1300. The number of aromatic nitrogens is 2. The number of amides is 1. The summed E-state index contributed by atoms with van der Waals surface area (Å²) < 4.78 is 13.5. The number of carbonyl (C=O) groups excluding carboxylic acids is 1. The van der Waals surface area contributed by atoms with Gasteiger partial charge in [-0.25, -0.2) is 4.98 Å². The molecule has 0 unspecified atom stereocenters. The first-order chi connectivity index (χ1) is 19.2. The van der Waals surface area contributed by atoms with Crippen LogP contribution in [0.1, 0.15) is 56.0 Å². The van der Waals surface area contributed by atoms with Crippen molar-refractivity contribution in [3.63, 3.8) is 0 Å². The third-order valence-electron chi connectivity index (χ3n) is 7.03. The summed E-state index contributed by atoms with van der Waals surface area (Å²) >= 11 is 0. The van der Waals surface area contributed by atoms with E-state index in [4.69, 9.17) is 14.5 Å². The van der Waals surface area contributed by atoms with Gasteiger partial charge in [0.15, 0.2) is 0 Å². The van der Waals surface area contributed by atoms with Crippen LogP contribution in [-0.4, -0.2) is 35.7 Å². The first-order valence-corrected chi connectivity index (χ1v) is 14.2. The van der Waals surface area contributed by atoms with Crippen LogP contribution in [0.2, 0.25) is 0 Å². The van der Waals surface area contributed by atoms with Gasteiger partial charge in [-0.3, -0.25) is 4.79 Å². The molecule has 39 heavy (non-hydrogen) atoms. The van der Waals surface area contributed by atoms with E-state index in [1.54, 1.807) is 7.11 Å².